The molecule has 0 fully saturated rings. The van der Waals surface area contributed by atoms with Crippen molar-refractivity contribution in [3.63, 3.8) is 0 Å². The van der Waals surface area contributed by atoms with E-state index < -0.39 is 0 Å². The van der Waals surface area contributed by atoms with Crippen molar-refractivity contribution < 1.29 is 28.5 Å². The van der Waals surface area contributed by atoms with Crippen molar-refractivity contribution in [2.24, 2.45) is 10.2 Å². The zero-order valence-electron chi connectivity index (χ0n) is 24.6. The number of nitrogens with one attached hydrogen (secondary N) is 2. The molecule has 10 heteroatoms. The fraction of sp³-hybridized carbons (Fsp3) is 0.375. The molecule has 0 spiro atoms. The average molecular weight is 579 g/mol. The molecule has 2 aromatic carbocycles. The summed E-state index contributed by atoms with van der Waals surface area (Å²) in [6, 6.07) is 10.8. The molecule has 42 heavy (non-hydrogen) atoms. The van der Waals surface area contributed by atoms with Crippen molar-refractivity contribution in [1.29, 1.82) is 0 Å². The van der Waals surface area contributed by atoms with E-state index in [0.717, 1.165) is 49.7 Å². The summed E-state index contributed by atoms with van der Waals surface area (Å²) in [5, 5.41) is 8.05. The standard InChI is InChI=1S/C32H42N4O6/c1-5-19-41-27-17-15-25(21-29(27)39-3)23-33-35-31(37)13-11-9-7-8-10-12-14-32(38)36-34-24-26-16-18-28(42-20-6-2)30(22-26)40-4/h5-6,15-18,21-24H,1-2,7-14,19-20H2,3-4H3,(H,35,37)(H,36,38). The minimum Gasteiger partial charge on any atom is -0.493 e. The van der Waals surface area contributed by atoms with Crippen molar-refractivity contribution >= 4 is 24.2 Å². The molecule has 0 aliphatic heterocycles. The van der Waals surface area contributed by atoms with Crippen LogP contribution in [-0.4, -0.2) is 51.7 Å². The Hall–Kier alpha value is -4.60. The van der Waals surface area contributed by atoms with Gasteiger partial charge in [-0.2, -0.15) is 10.2 Å². The molecular formula is C32H42N4O6. The molecule has 226 valence electrons. The summed E-state index contributed by atoms with van der Waals surface area (Å²) in [4.78, 5) is 24.1. The van der Waals surface area contributed by atoms with Crippen LogP contribution in [0.15, 0.2) is 71.9 Å². The topological polar surface area (TPSA) is 120 Å². The number of hydrogen-bond donors (Lipinski definition) is 2. The van der Waals surface area contributed by atoms with Gasteiger partial charge in [-0.1, -0.05) is 51.0 Å². The summed E-state index contributed by atoms with van der Waals surface area (Å²) in [6.07, 6.45) is 12.7. The van der Waals surface area contributed by atoms with Crippen LogP contribution in [0.1, 0.15) is 62.5 Å². The van der Waals surface area contributed by atoms with Crippen molar-refractivity contribution in [3.8, 4) is 23.0 Å². The number of carbonyl (C=O) groups excluding carboxylic acids is 2. The third-order valence-electron chi connectivity index (χ3n) is 5.95. The van der Waals surface area contributed by atoms with Crippen LogP contribution in [0.4, 0.5) is 0 Å². The third-order valence-corrected chi connectivity index (χ3v) is 5.95. The van der Waals surface area contributed by atoms with Crippen LogP contribution >= 0.6 is 0 Å². The molecule has 10 nitrogen and oxygen atoms in total. The highest BCUT2D eigenvalue weighted by molar-refractivity contribution is 5.84. The van der Waals surface area contributed by atoms with Crippen molar-refractivity contribution in [3.05, 3.63) is 72.8 Å². The Morgan fingerprint density at radius 2 is 1.07 bits per heavy atom. The van der Waals surface area contributed by atoms with Gasteiger partial charge in [0.05, 0.1) is 26.6 Å². The largest absolute Gasteiger partial charge is 0.493 e. The van der Waals surface area contributed by atoms with Crippen LogP contribution in [-0.2, 0) is 9.59 Å². The lowest BCUT2D eigenvalue weighted by Crippen LogP contribution is -2.17. The maximum atomic E-state index is 12.1. The summed E-state index contributed by atoms with van der Waals surface area (Å²) < 4.78 is 21.7. The van der Waals surface area contributed by atoms with Gasteiger partial charge in [-0.15, -0.1) is 0 Å². The van der Waals surface area contributed by atoms with Gasteiger partial charge in [-0.3, -0.25) is 9.59 Å². The van der Waals surface area contributed by atoms with Gasteiger partial charge in [-0.25, -0.2) is 10.9 Å². The normalized spacial score (nSPS) is 10.8. The molecule has 0 saturated carbocycles. The molecule has 0 aliphatic rings. The Labute approximate surface area is 248 Å². The van der Waals surface area contributed by atoms with Crippen molar-refractivity contribution in [1.82, 2.24) is 10.9 Å². The molecule has 2 N–H and O–H groups in total. The van der Waals surface area contributed by atoms with Crippen LogP contribution in [0.25, 0.3) is 0 Å². The number of nitrogens with zero attached hydrogens (tertiary/aromatic N) is 2. The predicted molar refractivity (Wildman–Crippen MR) is 166 cm³/mol. The number of carbonyl (C=O) groups is 2. The zero-order valence-corrected chi connectivity index (χ0v) is 24.6. The van der Waals surface area contributed by atoms with Gasteiger partial charge in [0.2, 0.25) is 11.8 Å². The summed E-state index contributed by atoms with van der Waals surface area (Å²) in [5.41, 5.74) is 6.67. The van der Waals surface area contributed by atoms with E-state index in [9.17, 15) is 9.59 Å². The van der Waals surface area contributed by atoms with E-state index >= 15 is 0 Å². The average Bonchev–Trinajstić information content (AvgIpc) is 3.00. The summed E-state index contributed by atoms with van der Waals surface area (Å²) >= 11 is 0. The van der Waals surface area contributed by atoms with Crippen molar-refractivity contribution in [2.75, 3.05) is 27.4 Å². The number of benzene rings is 2. The smallest absolute Gasteiger partial charge is 0.240 e. The molecule has 0 unspecified atom stereocenters. The number of hydrogen-bond acceptors (Lipinski definition) is 8. The van der Waals surface area contributed by atoms with Gasteiger partial charge in [0.15, 0.2) is 23.0 Å². The van der Waals surface area contributed by atoms with E-state index in [1.54, 1.807) is 63.1 Å². The second kappa shape index (κ2) is 20.3. The lowest BCUT2D eigenvalue weighted by Gasteiger charge is -2.09. The van der Waals surface area contributed by atoms with Crippen LogP contribution < -0.4 is 29.8 Å². The highest BCUT2D eigenvalue weighted by Gasteiger charge is 2.06. The van der Waals surface area contributed by atoms with E-state index in [1.165, 1.54) is 0 Å². The minimum atomic E-state index is -0.128. The number of amides is 2. The summed E-state index contributed by atoms with van der Waals surface area (Å²) in [5.74, 6) is 2.13. The summed E-state index contributed by atoms with van der Waals surface area (Å²) in [7, 11) is 3.13. The monoisotopic (exact) mass is 578 g/mol. The molecule has 0 aromatic heterocycles. The highest BCUT2D eigenvalue weighted by Crippen LogP contribution is 2.28. The fourth-order valence-corrected chi connectivity index (χ4v) is 3.81. The Kier molecular flexibility index (Phi) is 16.2. The second-order valence-electron chi connectivity index (χ2n) is 9.23. The molecule has 2 rings (SSSR count). The molecule has 0 saturated heterocycles. The van der Waals surface area contributed by atoms with Gasteiger partial charge < -0.3 is 18.9 Å². The molecule has 0 atom stereocenters. The SMILES string of the molecule is C=CCOc1ccc(C=NNC(=O)CCCCCCCCC(=O)NN=Cc2ccc(OCC=C)c(OC)c2)cc1OC. The molecule has 0 radical (unpaired) electrons. The van der Waals surface area contributed by atoms with Gasteiger partial charge in [0.1, 0.15) is 13.2 Å². The molecule has 0 aliphatic carbocycles. The van der Waals surface area contributed by atoms with Crippen molar-refractivity contribution in [2.45, 2.75) is 51.4 Å². The Morgan fingerprint density at radius 1 is 0.667 bits per heavy atom. The lowest BCUT2D eigenvalue weighted by atomic mass is 10.1. The maximum absolute atomic E-state index is 12.1. The van der Waals surface area contributed by atoms with Crippen LogP contribution in [0.5, 0.6) is 23.0 Å². The zero-order chi connectivity index (χ0) is 30.4. The van der Waals surface area contributed by atoms with Crippen LogP contribution in [0, 0.1) is 0 Å². The number of hydrazone groups is 2. The Morgan fingerprint density at radius 3 is 1.45 bits per heavy atom. The lowest BCUT2D eigenvalue weighted by molar-refractivity contribution is -0.122. The number of rotatable bonds is 21. The Balaban J connectivity index is 1.54. The second-order valence-corrected chi connectivity index (χ2v) is 9.23. The van der Waals surface area contributed by atoms with Gasteiger partial charge in [0, 0.05) is 12.8 Å². The quantitative estimate of drug-likeness (QED) is 0.0867. The van der Waals surface area contributed by atoms with E-state index in [2.05, 4.69) is 34.2 Å². The first-order valence-electron chi connectivity index (χ1n) is 14.0. The van der Waals surface area contributed by atoms with Crippen LogP contribution in [0.3, 0.4) is 0 Å². The van der Waals surface area contributed by atoms with Gasteiger partial charge >= 0.3 is 0 Å². The highest BCUT2D eigenvalue weighted by atomic mass is 16.5. The van der Waals surface area contributed by atoms with E-state index in [-0.39, 0.29) is 11.8 Å². The Bertz CT molecular complexity index is 1120. The maximum Gasteiger partial charge on any atom is 0.240 e. The number of ether oxygens (including phenoxy) is 4. The number of methoxy groups -OCH3 is 2. The molecular weight excluding hydrogens is 536 g/mol. The predicted octanol–water partition coefficient (Wildman–Crippen LogP) is 5.55. The molecule has 2 amide bonds. The fourth-order valence-electron chi connectivity index (χ4n) is 3.81. The first-order chi connectivity index (χ1) is 20.5. The molecule has 2 aromatic rings. The summed E-state index contributed by atoms with van der Waals surface area (Å²) in [6.45, 7) is 8.03. The first kappa shape index (κ1) is 33.6. The van der Waals surface area contributed by atoms with Gasteiger partial charge in [-0.05, 0) is 60.4 Å². The molecule has 0 heterocycles. The van der Waals surface area contributed by atoms with Crippen LogP contribution in [0.2, 0.25) is 0 Å². The van der Waals surface area contributed by atoms with E-state index in [0.29, 0.717) is 49.1 Å². The van der Waals surface area contributed by atoms with E-state index in [1.807, 2.05) is 12.1 Å². The number of unbranched alkanes of at least 4 members (excludes halogenated alkanes) is 5. The first-order valence-corrected chi connectivity index (χ1v) is 14.0. The van der Waals surface area contributed by atoms with Gasteiger partial charge in [0.25, 0.3) is 0 Å². The minimum absolute atomic E-state index is 0.128. The third kappa shape index (κ3) is 13.2. The van der Waals surface area contributed by atoms with E-state index in [4.69, 9.17) is 18.9 Å². The molecule has 0 bridgehead atoms.